The van der Waals surface area contributed by atoms with Crippen LogP contribution in [0.15, 0.2) is 0 Å². The summed E-state index contributed by atoms with van der Waals surface area (Å²) in [5.41, 5.74) is 0. The number of aliphatic hydroxyl groups excluding tert-OH is 2. The van der Waals surface area contributed by atoms with Gasteiger partial charge in [0.25, 0.3) is 0 Å². The third-order valence-electron chi connectivity index (χ3n) is 1.52. The number of rotatable bonds is 4. The topological polar surface area (TPSA) is 89.0 Å². The van der Waals surface area contributed by atoms with Crippen LogP contribution in [0.5, 0.6) is 0 Å². The molecule has 0 aromatic carbocycles. The fourth-order valence-corrected chi connectivity index (χ4v) is 0.403. The Morgan fingerprint density at radius 2 is 1.64 bits per heavy atom. The number of hydrogen-bond donors (Lipinski definition) is 2. The van der Waals surface area contributed by atoms with Gasteiger partial charge >= 0.3 is 0 Å². The van der Waals surface area contributed by atoms with Crippen LogP contribution in [0.3, 0.4) is 0 Å². The summed E-state index contributed by atoms with van der Waals surface area (Å²) in [5, 5.41) is 16.9. The van der Waals surface area contributed by atoms with Crippen LogP contribution in [0.1, 0.15) is 34.1 Å². The van der Waals surface area contributed by atoms with Gasteiger partial charge in [-0.15, -0.1) is 0 Å². The molecule has 0 bridgehead atoms. The summed E-state index contributed by atoms with van der Waals surface area (Å²) < 4.78 is 0. The van der Waals surface area contributed by atoms with Gasteiger partial charge in [0.1, 0.15) is 6.29 Å². The fourth-order valence-electron chi connectivity index (χ4n) is 0.403. The average Bonchev–Trinajstić information content (AvgIpc) is 2.03. The first kappa shape index (κ1) is 19.2. The van der Waals surface area contributed by atoms with Crippen molar-refractivity contribution < 1.29 is 20.5 Å². The zero-order valence-corrected chi connectivity index (χ0v) is 9.53. The van der Waals surface area contributed by atoms with Crippen molar-refractivity contribution in [2.45, 2.75) is 40.2 Å². The maximum atomic E-state index is 9.62. The molecule has 0 amide bonds. The second-order valence-corrected chi connectivity index (χ2v) is 3.79. The van der Waals surface area contributed by atoms with E-state index in [1.54, 1.807) is 0 Å². The highest BCUT2D eigenvalue weighted by atomic mass is 16.3. The lowest BCUT2D eigenvalue weighted by Crippen LogP contribution is -2.18. The predicted octanol–water partition coefficient (Wildman–Crippen LogP) is 0.402. The summed E-state index contributed by atoms with van der Waals surface area (Å²) >= 11 is 0. The van der Waals surface area contributed by atoms with Crippen LogP contribution in [-0.2, 0) is 4.79 Å². The average molecular weight is 208 g/mol. The quantitative estimate of drug-likeness (QED) is 0.655. The monoisotopic (exact) mass is 208 g/mol. The van der Waals surface area contributed by atoms with Gasteiger partial charge in [0.2, 0.25) is 0 Å². The maximum absolute atomic E-state index is 9.62. The molecule has 1 atom stereocenters. The minimum atomic E-state index is -0.542. The third kappa shape index (κ3) is 17.6. The smallest absolute Gasteiger partial charge is 0.120 e. The molecule has 4 nitrogen and oxygen atoms in total. The lowest BCUT2D eigenvalue weighted by atomic mass is 10.1. The number of aliphatic hydroxyl groups is 2. The number of carbonyl (C=O) groups is 1. The van der Waals surface area contributed by atoms with Crippen LogP contribution in [-0.4, -0.2) is 34.7 Å². The van der Waals surface area contributed by atoms with Crippen LogP contribution in [0.4, 0.5) is 0 Å². The van der Waals surface area contributed by atoms with Gasteiger partial charge in [-0.1, -0.05) is 27.7 Å². The van der Waals surface area contributed by atoms with Gasteiger partial charge in [0.15, 0.2) is 0 Å². The van der Waals surface area contributed by atoms with Gasteiger partial charge in [-0.25, -0.2) is 0 Å². The molecule has 0 saturated heterocycles. The summed E-state index contributed by atoms with van der Waals surface area (Å²) in [5.74, 6) is 0.701. The van der Waals surface area contributed by atoms with Crippen molar-refractivity contribution in [1.29, 1.82) is 0 Å². The lowest BCUT2D eigenvalue weighted by molar-refractivity contribution is -0.108. The third-order valence-corrected chi connectivity index (χ3v) is 1.52. The highest BCUT2D eigenvalue weighted by Gasteiger charge is 2.04. The molecule has 0 spiro atoms. The van der Waals surface area contributed by atoms with E-state index in [0.29, 0.717) is 12.3 Å². The van der Waals surface area contributed by atoms with Crippen molar-refractivity contribution in [1.82, 2.24) is 0 Å². The van der Waals surface area contributed by atoms with Crippen LogP contribution in [0.2, 0.25) is 0 Å². The van der Waals surface area contributed by atoms with E-state index in [-0.39, 0.29) is 18.0 Å². The summed E-state index contributed by atoms with van der Waals surface area (Å²) in [7, 11) is 0. The van der Waals surface area contributed by atoms with Gasteiger partial charge in [0, 0.05) is 6.42 Å². The minimum Gasteiger partial charge on any atom is -0.412 e. The second kappa shape index (κ2) is 12.6. The van der Waals surface area contributed by atoms with Crippen molar-refractivity contribution in [3.05, 3.63) is 0 Å². The molecule has 88 valence electrons. The van der Waals surface area contributed by atoms with Crippen LogP contribution < -0.4 is 0 Å². The molecule has 0 aromatic heterocycles. The highest BCUT2D eigenvalue weighted by Crippen LogP contribution is 1.97. The Balaban J connectivity index is -0.000000163. The molecule has 0 fully saturated rings. The van der Waals surface area contributed by atoms with E-state index in [0.717, 1.165) is 6.29 Å². The summed E-state index contributed by atoms with van der Waals surface area (Å²) in [4.78, 5) is 9.62. The van der Waals surface area contributed by atoms with Gasteiger partial charge < -0.3 is 20.5 Å². The summed E-state index contributed by atoms with van der Waals surface area (Å²) in [6.45, 7) is 7.64. The number of carbonyl (C=O) groups excluding carboxylic acids is 1. The molecule has 4 N–H and O–H groups in total. The van der Waals surface area contributed by atoms with E-state index in [2.05, 4.69) is 0 Å². The lowest BCUT2D eigenvalue weighted by Gasteiger charge is -2.08. The van der Waals surface area contributed by atoms with Crippen molar-refractivity contribution in [3.63, 3.8) is 0 Å². The van der Waals surface area contributed by atoms with Gasteiger partial charge in [-0.05, 0) is 11.8 Å². The van der Waals surface area contributed by atoms with E-state index >= 15 is 0 Å². The SMILES string of the molecule is CC(C)C(O)CO.CC(C)CC=O.O. The Kier molecular flexibility index (Phi) is 17.2. The molecule has 0 rings (SSSR count). The molecule has 0 aliphatic heterocycles. The number of aldehydes is 1. The summed E-state index contributed by atoms with van der Waals surface area (Å²) in [6, 6.07) is 0. The first-order valence-corrected chi connectivity index (χ1v) is 4.68. The van der Waals surface area contributed by atoms with E-state index < -0.39 is 6.10 Å². The van der Waals surface area contributed by atoms with Crippen LogP contribution in [0, 0.1) is 11.8 Å². The summed E-state index contributed by atoms with van der Waals surface area (Å²) in [6.07, 6.45) is 1.10. The van der Waals surface area contributed by atoms with E-state index in [1.807, 2.05) is 27.7 Å². The molecule has 0 heterocycles. The van der Waals surface area contributed by atoms with Crippen LogP contribution >= 0.6 is 0 Å². The molecule has 4 heteroatoms. The first-order chi connectivity index (χ1) is 5.95. The van der Waals surface area contributed by atoms with Gasteiger partial charge in [0.05, 0.1) is 12.7 Å². The maximum Gasteiger partial charge on any atom is 0.120 e. The Bertz CT molecular complexity index is 113. The standard InChI is InChI=1S/C5H12O2.C5H10O.H2O/c1-4(2)5(7)3-6;1-5(2)3-4-6;/h4-7H,3H2,1-2H3;4-5H,3H2,1-2H3;1H2. The van der Waals surface area contributed by atoms with E-state index in [4.69, 9.17) is 10.2 Å². The Morgan fingerprint density at radius 3 is 1.64 bits per heavy atom. The van der Waals surface area contributed by atoms with Gasteiger partial charge in [-0.3, -0.25) is 0 Å². The molecule has 0 saturated carbocycles. The Morgan fingerprint density at radius 1 is 1.21 bits per heavy atom. The number of hydrogen-bond acceptors (Lipinski definition) is 3. The normalized spacial score (nSPS) is 11.4. The Labute approximate surface area is 86.3 Å². The zero-order chi connectivity index (χ0) is 10.9. The molecular formula is C10H24O4. The zero-order valence-electron chi connectivity index (χ0n) is 9.53. The van der Waals surface area contributed by atoms with Crippen molar-refractivity contribution in [2.24, 2.45) is 11.8 Å². The first-order valence-electron chi connectivity index (χ1n) is 4.68. The molecule has 0 aliphatic carbocycles. The van der Waals surface area contributed by atoms with Crippen molar-refractivity contribution >= 4 is 6.29 Å². The molecule has 1 unspecified atom stereocenters. The molecule has 0 radical (unpaired) electrons. The minimum absolute atomic E-state index is 0. The Hall–Kier alpha value is -0.450. The molecule has 0 aromatic rings. The van der Waals surface area contributed by atoms with Crippen molar-refractivity contribution in [3.8, 4) is 0 Å². The van der Waals surface area contributed by atoms with E-state index in [1.165, 1.54) is 0 Å². The fraction of sp³-hybridized carbons (Fsp3) is 0.900. The highest BCUT2D eigenvalue weighted by molar-refractivity contribution is 5.49. The molecule has 0 aliphatic rings. The predicted molar refractivity (Wildman–Crippen MR) is 57.1 cm³/mol. The molecular weight excluding hydrogens is 184 g/mol. The van der Waals surface area contributed by atoms with Gasteiger partial charge in [-0.2, -0.15) is 0 Å². The van der Waals surface area contributed by atoms with E-state index in [9.17, 15) is 4.79 Å². The molecule has 14 heavy (non-hydrogen) atoms. The van der Waals surface area contributed by atoms with Crippen LogP contribution in [0.25, 0.3) is 0 Å². The van der Waals surface area contributed by atoms with Crippen molar-refractivity contribution in [2.75, 3.05) is 6.61 Å². The second-order valence-electron chi connectivity index (χ2n) is 3.79. The largest absolute Gasteiger partial charge is 0.412 e.